The van der Waals surface area contributed by atoms with Gasteiger partial charge < -0.3 is 9.50 Å². The molecule has 31 heavy (non-hydrogen) atoms. The van der Waals surface area contributed by atoms with E-state index in [4.69, 9.17) is 5.14 Å². The molecule has 7 nitrogen and oxygen atoms in total. The molecule has 0 spiro atoms. The van der Waals surface area contributed by atoms with Gasteiger partial charge in [0, 0.05) is 5.38 Å². The van der Waals surface area contributed by atoms with Crippen LogP contribution in [0.2, 0.25) is 0 Å². The molecule has 0 saturated heterocycles. The number of amides is 1. The van der Waals surface area contributed by atoms with Crippen molar-refractivity contribution in [1.82, 2.24) is 10.3 Å². The highest BCUT2D eigenvalue weighted by atomic mass is 32.2. The van der Waals surface area contributed by atoms with Gasteiger partial charge in [-0.1, -0.05) is 37.3 Å². The quantitative estimate of drug-likeness (QED) is 0.507. The van der Waals surface area contributed by atoms with E-state index in [-0.39, 0.29) is 18.1 Å². The molecule has 1 unspecified atom stereocenters. The Morgan fingerprint density at radius 1 is 1.23 bits per heavy atom. The maximum absolute atomic E-state index is 13.9. The number of rotatable bonds is 9. The number of nitrogens with one attached hydrogen (secondary N) is 1. The molecule has 1 atom stereocenters. The molecular weight excluding hydrogens is 441 g/mol. The SMILES string of the molecule is CCc1csc(C(Cc2ccc(OS(N)(=O)=O)cc2)NC(=O)Cc2ccccc2F)n1. The van der Waals surface area contributed by atoms with Crippen LogP contribution in [0.5, 0.6) is 5.75 Å². The summed E-state index contributed by atoms with van der Waals surface area (Å²) in [5, 5.41) is 10.5. The number of aryl methyl sites for hydroxylation is 1. The molecule has 0 saturated carbocycles. The molecule has 3 N–H and O–H groups in total. The van der Waals surface area contributed by atoms with Gasteiger partial charge in [0.05, 0.1) is 18.2 Å². The number of nitrogens with zero attached hydrogens (tertiary/aromatic N) is 1. The third-order valence-corrected chi connectivity index (χ3v) is 5.88. The van der Waals surface area contributed by atoms with Crippen molar-refractivity contribution in [2.45, 2.75) is 32.2 Å². The number of thiazole rings is 1. The van der Waals surface area contributed by atoms with Crippen LogP contribution in [-0.4, -0.2) is 19.3 Å². The first-order valence-electron chi connectivity index (χ1n) is 9.51. The normalized spacial score (nSPS) is 12.4. The molecule has 1 heterocycles. The van der Waals surface area contributed by atoms with E-state index in [1.165, 1.54) is 29.5 Å². The molecule has 3 aromatic rings. The summed E-state index contributed by atoms with van der Waals surface area (Å²) in [7, 11) is -4.10. The number of carbonyl (C=O) groups excluding carboxylic acids is 1. The number of hydrogen-bond acceptors (Lipinski definition) is 6. The first-order valence-corrected chi connectivity index (χ1v) is 11.9. The van der Waals surface area contributed by atoms with Crippen molar-refractivity contribution < 1.29 is 21.8 Å². The van der Waals surface area contributed by atoms with E-state index < -0.39 is 22.2 Å². The van der Waals surface area contributed by atoms with Crippen LogP contribution in [0.4, 0.5) is 4.39 Å². The third kappa shape index (κ3) is 6.84. The minimum atomic E-state index is -4.10. The molecular formula is C21H22FN3O4S2. The van der Waals surface area contributed by atoms with E-state index in [0.717, 1.165) is 22.7 Å². The summed E-state index contributed by atoms with van der Waals surface area (Å²) in [5.74, 6) is -0.659. The van der Waals surface area contributed by atoms with Crippen LogP contribution in [0, 0.1) is 5.82 Å². The van der Waals surface area contributed by atoms with Gasteiger partial charge in [0.15, 0.2) is 0 Å². The predicted molar refractivity (Wildman–Crippen MR) is 116 cm³/mol. The number of benzene rings is 2. The zero-order chi connectivity index (χ0) is 22.4. The minimum Gasteiger partial charge on any atom is -0.371 e. The minimum absolute atomic E-state index is 0.0870. The average molecular weight is 464 g/mol. The van der Waals surface area contributed by atoms with Crippen molar-refractivity contribution in [3.8, 4) is 5.75 Å². The van der Waals surface area contributed by atoms with E-state index >= 15 is 0 Å². The summed E-state index contributed by atoms with van der Waals surface area (Å²) in [4.78, 5) is 17.2. The third-order valence-electron chi connectivity index (χ3n) is 4.45. The summed E-state index contributed by atoms with van der Waals surface area (Å²) in [6.07, 6.45) is 1.09. The molecule has 0 radical (unpaired) electrons. The van der Waals surface area contributed by atoms with Crippen molar-refractivity contribution in [3.05, 3.63) is 81.6 Å². The highest BCUT2D eigenvalue weighted by Crippen LogP contribution is 2.24. The fourth-order valence-corrected chi connectivity index (χ4v) is 4.29. The van der Waals surface area contributed by atoms with Gasteiger partial charge in [0.2, 0.25) is 5.91 Å². The second-order valence-electron chi connectivity index (χ2n) is 6.84. The lowest BCUT2D eigenvalue weighted by molar-refractivity contribution is -0.121. The Morgan fingerprint density at radius 2 is 1.94 bits per heavy atom. The van der Waals surface area contributed by atoms with Gasteiger partial charge >= 0.3 is 10.3 Å². The lowest BCUT2D eigenvalue weighted by Gasteiger charge is -2.17. The maximum atomic E-state index is 13.9. The second-order valence-corrected chi connectivity index (χ2v) is 8.89. The van der Waals surface area contributed by atoms with Gasteiger partial charge in [-0.3, -0.25) is 4.79 Å². The van der Waals surface area contributed by atoms with Gasteiger partial charge in [0.25, 0.3) is 0 Å². The number of carbonyl (C=O) groups is 1. The standard InChI is InChI=1S/C21H22FN3O4S2/c1-2-16-13-30-21(24-16)19(25-20(26)12-15-5-3-4-6-18(15)22)11-14-7-9-17(10-8-14)29-31(23,27)28/h3-10,13,19H,2,11-12H2,1H3,(H,25,26)(H2,23,27,28). The van der Waals surface area contributed by atoms with Crippen molar-refractivity contribution in [1.29, 1.82) is 0 Å². The molecule has 0 aliphatic rings. The van der Waals surface area contributed by atoms with Crippen molar-refractivity contribution in [2.24, 2.45) is 5.14 Å². The second kappa shape index (κ2) is 9.99. The zero-order valence-electron chi connectivity index (χ0n) is 16.7. The molecule has 1 aromatic heterocycles. The molecule has 164 valence electrons. The summed E-state index contributed by atoms with van der Waals surface area (Å²) >= 11 is 1.44. The molecule has 1 amide bonds. The number of aromatic nitrogens is 1. The van der Waals surface area contributed by atoms with E-state index in [2.05, 4.69) is 14.5 Å². The Morgan fingerprint density at radius 3 is 2.55 bits per heavy atom. The summed E-state index contributed by atoms with van der Waals surface area (Å²) in [6, 6.07) is 12.1. The first kappa shape index (κ1) is 22.9. The van der Waals surface area contributed by atoms with Gasteiger partial charge in [-0.2, -0.15) is 13.6 Å². The van der Waals surface area contributed by atoms with Crippen LogP contribution in [-0.2, 0) is 34.4 Å². The van der Waals surface area contributed by atoms with Gasteiger partial charge in [-0.15, -0.1) is 11.3 Å². The predicted octanol–water partition coefficient (Wildman–Crippen LogP) is 3.07. The summed E-state index contributed by atoms with van der Waals surface area (Å²) in [6.45, 7) is 1.99. The first-order chi connectivity index (χ1) is 14.7. The van der Waals surface area contributed by atoms with E-state index in [0.29, 0.717) is 12.0 Å². The van der Waals surface area contributed by atoms with Gasteiger partial charge in [-0.05, 0) is 42.2 Å². The van der Waals surface area contributed by atoms with Crippen molar-refractivity contribution in [2.75, 3.05) is 0 Å². The average Bonchev–Trinajstić information content (AvgIpc) is 3.19. The zero-order valence-corrected chi connectivity index (χ0v) is 18.4. The van der Waals surface area contributed by atoms with Crippen molar-refractivity contribution >= 4 is 27.5 Å². The van der Waals surface area contributed by atoms with Crippen LogP contribution >= 0.6 is 11.3 Å². The molecule has 3 rings (SSSR count). The Kier molecular flexibility index (Phi) is 7.37. The number of halogens is 1. The number of nitrogens with two attached hydrogens (primary N) is 1. The summed E-state index contributed by atoms with van der Waals surface area (Å²) in [5.41, 5.74) is 2.06. The van der Waals surface area contributed by atoms with Crippen LogP contribution in [0.15, 0.2) is 53.9 Å². The highest BCUT2D eigenvalue weighted by Gasteiger charge is 2.20. The van der Waals surface area contributed by atoms with Crippen LogP contribution in [0.25, 0.3) is 0 Å². The Bertz CT molecular complexity index is 1150. The van der Waals surface area contributed by atoms with E-state index in [1.807, 2.05) is 12.3 Å². The molecule has 0 aliphatic carbocycles. The molecule has 0 aliphatic heterocycles. The summed E-state index contributed by atoms with van der Waals surface area (Å²) < 4.78 is 40.6. The lowest BCUT2D eigenvalue weighted by Crippen LogP contribution is -2.31. The topological polar surface area (TPSA) is 111 Å². The van der Waals surface area contributed by atoms with Gasteiger partial charge in [-0.25, -0.2) is 9.37 Å². The maximum Gasteiger partial charge on any atom is 0.380 e. The molecule has 0 bridgehead atoms. The van der Waals surface area contributed by atoms with E-state index in [1.54, 1.807) is 30.3 Å². The lowest BCUT2D eigenvalue weighted by atomic mass is 10.1. The fourth-order valence-electron chi connectivity index (χ4n) is 2.96. The monoisotopic (exact) mass is 463 g/mol. The van der Waals surface area contributed by atoms with E-state index in [9.17, 15) is 17.6 Å². The molecule has 2 aromatic carbocycles. The Hall–Kier alpha value is -2.82. The molecule has 0 fully saturated rings. The highest BCUT2D eigenvalue weighted by molar-refractivity contribution is 7.84. The smallest absolute Gasteiger partial charge is 0.371 e. The molecule has 10 heteroatoms. The largest absolute Gasteiger partial charge is 0.380 e. The number of hydrogen-bond donors (Lipinski definition) is 2. The van der Waals surface area contributed by atoms with Crippen LogP contribution in [0.1, 0.15) is 34.8 Å². The Balaban J connectivity index is 1.76. The van der Waals surface area contributed by atoms with Gasteiger partial charge in [0.1, 0.15) is 16.6 Å². The van der Waals surface area contributed by atoms with Crippen LogP contribution in [0.3, 0.4) is 0 Å². The Labute approximate surface area is 184 Å². The van der Waals surface area contributed by atoms with Crippen molar-refractivity contribution in [3.63, 3.8) is 0 Å². The van der Waals surface area contributed by atoms with Crippen LogP contribution < -0.4 is 14.6 Å². The fraction of sp³-hybridized carbons (Fsp3) is 0.238.